The average molecular weight is 342 g/mol. The van der Waals surface area contributed by atoms with E-state index >= 15 is 0 Å². The van der Waals surface area contributed by atoms with Crippen molar-refractivity contribution >= 4 is 23.2 Å². The highest BCUT2D eigenvalue weighted by atomic mass is 32.1. The summed E-state index contributed by atoms with van der Waals surface area (Å²) in [6.07, 6.45) is 2.95. The van der Waals surface area contributed by atoms with Gasteiger partial charge in [0, 0.05) is 19.5 Å². The number of benzene rings is 1. The van der Waals surface area contributed by atoms with Crippen LogP contribution in [-0.4, -0.2) is 35.8 Å². The number of amides is 2. The Balaban J connectivity index is 1.68. The molecule has 126 valence electrons. The maximum Gasteiger partial charge on any atom is 0.245 e. The molecule has 1 N–H and O–H groups in total. The molecule has 0 bridgehead atoms. The van der Waals surface area contributed by atoms with Crippen LogP contribution in [0.15, 0.2) is 47.2 Å². The van der Waals surface area contributed by atoms with E-state index in [1.54, 1.807) is 11.3 Å². The Morgan fingerprint density at radius 3 is 2.50 bits per heavy atom. The first-order valence-electron chi connectivity index (χ1n) is 8.35. The van der Waals surface area contributed by atoms with E-state index in [0.717, 1.165) is 37.1 Å². The van der Waals surface area contributed by atoms with Crippen LogP contribution in [0.3, 0.4) is 0 Å². The Kier molecular flexibility index (Phi) is 5.64. The standard InChI is InChI=1S/C19H22N2O2S/c22-18(13-16-8-11-24-14-16)20-17(12-15-6-2-1-3-7-15)19(23)21-9-4-5-10-21/h1-3,6-8,11,14,17H,4-5,9-10,12-13H2,(H,20,22)/t17-/m0/s1. The van der Waals surface area contributed by atoms with Gasteiger partial charge in [0.25, 0.3) is 0 Å². The van der Waals surface area contributed by atoms with Crippen molar-refractivity contribution in [2.45, 2.75) is 31.7 Å². The molecule has 1 fully saturated rings. The van der Waals surface area contributed by atoms with Crippen molar-refractivity contribution in [2.24, 2.45) is 0 Å². The third-order valence-corrected chi connectivity index (χ3v) is 5.01. The van der Waals surface area contributed by atoms with Crippen LogP contribution in [0.1, 0.15) is 24.0 Å². The molecule has 2 amide bonds. The third kappa shape index (κ3) is 4.45. The number of carbonyl (C=O) groups excluding carboxylic acids is 2. The molecule has 1 aromatic heterocycles. The van der Waals surface area contributed by atoms with Gasteiger partial charge >= 0.3 is 0 Å². The number of nitrogens with one attached hydrogen (secondary N) is 1. The summed E-state index contributed by atoms with van der Waals surface area (Å²) < 4.78 is 0. The predicted molar refractivity (Wildman–Crippen MR) is 95.9 cm³/mol. The number of thiophene rings is 1. The molecule has 2 aromatic rings. The summed E-state index contributed by atoms with van der Waals surface area (Å²) in [6.45, 7) is 1.59. The van der Waals surface area contributed by atoms with Gasteiger partial charge in [0.05, 0.1) is 6.42 Å². The van der Waals surface area contributed by atoms with Crippen molar-refractivity contribution in [3.63, 3.8) is 0 Å². The molecule has 24 heavy (non-hydrogen) atoms. The molecular weight excluding hydrogens is 320 g/mol. The minimum atomic E-state index is -0.489. The number of hydrogen-bond acceptors (Lipinski definition) is 3. The summed E-state index contributed by atoms with van der Waals surface area (Å²) in [4.78, 5) is 27.0. The summed E-state index contributed by atoms with van der Waals surface area (Å²) >= 11 is 1.57. The molecule has 2 heterocycles. The maximum atomic E-state index is 12.8. The van der Waals surface area contributed by atoms with Crippen molar-refractivity contribution in [3.05, 3.63) is 58.3 Å². The topological polar surface area (TPSA) is 49.4 Å². The molecule has 1 saturated heterocycles. The molecule has 0 radical (unpaired) electrons. The lowest BCUT2D eigenvalue weighted by Crippen LogP contribution is -2.49. The van der Waals surface area contributed by atoms with Gasteiger partial charge in [0.15, 0.2) is 0 Å². The van der Waals surface area contributed by atoms with Gasteiger partial charge in [0.1, 0.15) is 6.04 Å². The average Bonchev–Trinajstić information content (AvgIpc) is 3.28. The van der Waals surface area contributed by atoms with Gasteiger partial charge in [-0.3, -0.25) is 9.59 Å². The summed E-state index contributed by atoms with van der Waals surface area (Å²) in [6, 6.07) is 11.3. The van der Waals surface area contributed by atoms with Crippen molar-refractivity contribution in [1.82, 2.24) is 10.2 Å². The van der Waals surface area contributed by atoms with Crippen molar-refractivity contribution < 1.29 is 9.59 Å². The normalized spacial score (nSPS) is 15.2. The first-order chi connectivity index (χ1) is 11.7. The van der Waals surface area contributed by atoms with Gasteiger partial charge in [0.2, 0.25) is 11.8 Å². The number of nitrogens with zero attached hydrogens (tertiary/aromatic N) is 1. The second kappa shape index (κ2) is 8.11. The SMILES string of the molecule is O=C(Cc1ccsc1)N[C@@H](Cc1ccccc1)C(=O)N1CCCC1. The van der Waals surface area contributed by atoms with E-state index in [2.05, 4.69) is 5.32 Å². The maximum absolute atomic E-state index is 12.8. The predicted octanol–water partition coefficient (Wildman–Crippen LogP) is 2.64. The third-order valence-electron chi connectivity index (χ3n) is 4.28. The van der Waals surface area contributed by atoms with Gasteiger partial charge in [-0.05, 0) is 40.8 Å². The fourth-order valence-corrected chi connectivity index (χ4v) is 3.70. The van der Waals surface area contributed by atoms with Crippen LogP contribution in [0.2, 0.25) is 0 Å². The second-order valence-corrected chi connectivity index (χ2v) is 6.93. The highest BCUT2D eigenvalue weighted by Gasteiger charge is 2.27. The first kappa shape index (κ1) is 16.7. The van der Waals surface area contributed by atoms with Crippen LogP contribution in [0, 0.1) is 0 Å². The van der Waals surface area contributed by atoms with Crippen LogP contribution < -0.4 is 5.32 Å². The molecule has 5 heteroatoms. The molecule has 4 nitrogen and oxygen atoms in total. The molecule has 1 aliphatic rings. The number of likely N-dealkylation sites (tertiary alicyclic amines) is 1. The van der Waals surface area contributed by atoms with E-state index in [0.29, 0.717) is 12.8 Å². The Labute approximate surface area is 146 Å². The first-order valence-corrected chi connectivity index (χ1v) is 9.30. The summed E-state index contributed by atoms with van der Waals surface area (Å²) in [5, 5.41) is 6.88. The fourth-order valence-electron chi connectivity index (χ4n) is 3.03. The molecule has 1 aromatic carbocycles. The van der Waals surface area contributed by atoms with Gasteiger partial charge < -0.3 is 10.2 Å². The largest absolute Gasteiger partial charge is 0.344 e. The van der Waals surface area contributed by atoms with Gasteiger partial charge in [-0.15, -0.1) is 0 Å². The Morgan fingerprint density at radius 2 is 1.83 bits per heavy atom. The molecule has 0 spiro atoms. The number of rotatable bonds is 6. The molecule has 0 unspecified atom stereocenters. The lowest BCUT2D eigenvalue weighted by molar-refractivity contribution is -0.135. The molecule has 1 aliphatic heterocycles. The smallest absolute Gasteiger partial charge is 0.245 e. The Hall–Kier alpha value is -2.14. The van der Waals surface area contributed by atoms with E-state index in [4.69, 9.17) is 0 Å². The quantitative estimate of drug-likeness (QED) is 0.877. The summed E-state index contributed by atoms with van der Waals surface area (Å²) in [7, 11) is 0. The molecule has 0 aliphatic carbocycles. The van der Waals surface area contributed by atoms with Gasteiger partial charge in [-0.1, -0.05) is 30.3 Å². The van der Waals surface area contributed by atoms with Crippen LogP contribution >= 0.6 is 11.3 Å². The van der Waals surface area contributed by atoms with Crippen LogP contribution in [0.4, 0.5) is 0 Å². The van der Waals surface area contributed by atoms with Crippen LogP contribution in [-0.2, 0) is 22.4 Å². The summed E-state index contributed by atoms with van der Waals surface area (Å²) in [5.41, 5.74) is 2.05. The van der Waals surface area contributed by atoms with Crippen molar-refractivity contribution in [2.75, 3.05) is 13.1 Å². The highest BCUT2D eigenvalue weighted by molar-refractivity contribution is 7.08. The second-order valence-electron chi connectivity index (χ2n) is 6.15. The minimum Gasteiger partial charge on any atom is -0.344 e. The van der Waals surface area contributed by atoms with Crippen LogP contribution in [0.5, 0.6) is 0 Å². The lowest BCUT2D eigenvalue weighted by atomic mass is 10.0. The van der Waals surface area contributed by atoms with E-state index in [-0.39, 0.29) is 11.8 Å². The van der Waals surface area contributed by atoms with E-state index in [9.17, 15) is 9.59 Å². The van der Waals surface area contributed by atoms with Crippen molar-refractivity contribution in [3.8, 4) is 0 Å². The van der Waals surface area contributed by atoms with E-state index < -0.39 is 6.04 Å². The Morgan fingerprint density at radius 1 is 1.08 bits per heavy atom. The zero-order valence-electron chi connectivity index (χ0n) is 13.6. The van der Waals surface area contributed by atoms with Gasteiger partial charge in [-0.25, -0.2) is 0 Å². The van der Waals surface area contributed by atoms with E-state index in [1.807, 2.05) is 52.1 Å². The minimum absolute atomic E-state index is 0.0371. The molecule has 1 atom stereocenters. The van der Waals surface area contributed by atoms with Gasteiger partial charge in [-0.2, -0.15) is 11.3 Å². The van der Waals surface area contributed by atoms with Crippen molar-refractivity contribution in [1.29, 1.82) is 0 Å². The number of carbonyl (C=O) groups is 2. The Bertz CT molecular complexity index is 664. The lowest BCUT2D eigenvalue weighted by Gasteiger charge is -2.24. The summed E-state index contributed by atoms with van der Waals surface area (Å²) in [5.74, 6) is -0.0584. The monoisotopic (exact) mass is 342 g/mol. The zero-order valence-corrected chi connectivity index (χ0v) is 14.4. The zero-order chi connectivity index (χ0) is 16.8. The molecule has 3 rings (SSSR count). The van der Waals surface area contributed by atoms with E-state index in [1.165, 1.54) is 0 Å². The molecular formula is C19H22N2O2S. The fraction of sp³-hybridized carbons (Fsp3) is 0.368. The number of hydrogen-bond donors (Lipinski definition) is 1. The van der Waals surface area contributed by atoms with Crippen LogP contribution in [0.25, 0.3) is 0 Å². The highest BCUT2D eigenvalue weighted by Crippen LogP contribution is 2.13. The molecule has 0 saturated carbocycles.